The maximum absolute atomic E-state index is 13.7. The van der Waals surface area contributed by atoms with E-state index in [1.54, 1.807) is 12.1 Å². The minimum Gasteiger partial charge on any atom is -0.484 e. The standard InChI is InChI=1S/C29H31FN2O3/c1-29(2,3)28(34)32-16-15-21-11-14-24(17-25(21)27(32)22-9-12-23(30)13-10-22)35-19-26(33)31-18-20-7-5-4-6-8-20/h4-14,17,27H,15-16,18-19H2,1-3H3,(H,31,33)/t27-/m1/s1. The molecule has 0 aromatic heterocycles. The molecule has 2 amide bonds. The van der Waals surface area contributed by atoms with Gasteiger partial charge in [0.25, 0.3) is 5.91 Å². The molecule has 4 rings (SSSR count). The van der Waals surface area contributed by atoms with E-state index in [1.165, 1.54) is 12.1 Å². The molecule has 1 atom stereocenters. The van der Waals surface area contributed by atoms with Crippen LogP contribution in [0.2, 0.25) is 0 Å². The summed E-state index contributed by atoms with van der Waals surface area (Å²) in [5.74, 6) is 0.0446. The monoisotopic (exact) mass is 474 g/mol. The Morgan fingerprint density at radius 2 is 1.74 bits per heavy atom. The molecule has 182 valence electrons. The fraction of sp³-hybridized carbons (Fsp3) is 0.310. The highest BCUT2D eigenvalue weighted by Crippen LogP contribution is 2.39. The van der Waals surface area contributed by atoms with Crippen LogP contribution in [-0.4, -0.2) is 29.9 Å². The van der Waals surface area contributed by atoms with E-state index in [-0.39, 0.29) is 30.3 Å². The van der Waals surface area contributed by atoms with Gasteiger partial charge >= 0.3 is 0 Å². The van der Waals surface area contributed by atoms with Crippen LogP contribution in [0.15, 0.2) is 72.8 Å². The third-order valence-corrected chi connectivity index (χ3v) is 6.14. The average molecular weight is 475 g/mol. The highest BCUT2D eigenvalue weighted by Gasteiger charge is 2.37. The number of halogens is 1. The first-order chi connectivity index (χ1) is 16.7. The molecule has 1 heterocycles. The van der Waals surface area contributed by atoms with Crippen LogP contribution in [0.4, 0.5) is 4.39 Å². The Morgan fingerprint density at radius 1 is 1.03 bits per heavy atom. The van der Waals surface area contributed by atoms with Gasteiger partial charge in [-0.2, -0.15) is 0 Å². The topological polar surface area (TPSA) is 58.6 Å². The van der Waals surface area contributed by atoms with Gasteiger partial charge in [-0.25, -0.2) is 4.39 Å². The number of carbonyl (C=O) groups excluding carboxylic acids is 2. The minimum atomic E-state index is -0.555. The molecular weight excluding hydrogens is 443 g/mol. The first kappa shape index (κ1) is 24.5. The van der Waals surface area contributed by atoms with E-state index in [1.807, 2.05) is 74.2 Å². The summed E-state index contributed by atoms with van der Waals surface area (Å²) in [5.41, 5.74) is 3.34. The molecule has 0 saturated heterocycles. The molecule has 3 aromatic rings. The Hall–Kier alpha value is -3.67. The van der Waals surface area contributed by atoms with E-state index >= 15 is 0 Å². The molecule has 0 bridgehead atoms. The van der Waals surface area contributed by atoms with Crippen LogP contribution in [0.5, 0.6) is 5.75 Å². The highest BCUT2D eigenvalue weighted by atomic mass is 19.1. The lowest BCUT2D eigenvalue weighted by atomic mass is 9.85. The van der Waals surface area contributed by atoms with Crippen molar-refractivity contribution in [2.24, 2.45) is 5.41 Å². The lowest BCUT2D eigenvalue weighted by molar-refractivity contribution is -0.141. The number of amides is 2. The van der Waals surface area contributed by atoms with Gasteiger partial charge in [0.15, 0.2) is 6.61 Å². The molecule has 0 saturated carbocycles. The van der Waals surface area contributed by atoms with E-state index in [4.69, 9.17) is 4.74 Å². The van der Waals surface area contributed by atoms with Crippen LogP contribution in [0.3, 0.4) is 0 Å². The Kier molecular flexibility index (Phi) is 7.20. The normalized spacial score (nSPS) is 15.3. The zero-order valence-electron chi connectivity index (χ0n) is 20.4. The van der Waals surface area contributed by atoms with Crippen molar-refractivity contribution in [3.63, 3.8) is 0 Å². The number of benzene rings is 3. The summed E-state index contributed by atoms with van der Waals surface area (Å²) < 4.78 is 19.5. The van der Waals surface area contributed by atoms with Crippen LogP contribution >= 0.6 is 0 Å². The first-order valence-corrected chi connectivity index (χ1v) is 11.8. The van der Waals surface area contributed by atoms with Crippen molar-refractivity contribution in [2.75, 3.05) is 13.2 Å². The number of rotatable bonds is 6. The van der Waals surface area contributed by atoms with Crippen molar-refractivity contribution in [3.05, 3.63) is 101 Å². The Bertz CT molecular complexity index is 1190. The largest absolute Gasteiger partial charge is 0.484 e. The zero-order valence-corrected chi connectivity index (χ0v) is 20.4. The van der Waals surface area contributed by atoms with Gasteiger partial charge in [-0.05, 0) is 52.9 Å². The van der Waals surface area contributed by atoms with E-state index in [0.29, 0.717) is 25.3 Å². The van der Waals surface area contributed by atoms with Gasteiger partial charge in [0.05, 0.1) is 6.04 Å². The predicted molar refractivity (Wildman–Crippen MR) is 133 cm³/mol. The van der Waals surface area contributed by atoms with Crippen molar-refractivity contribution < 1.29 is 18.7 Å². The van der Waals surface area contributed by atoms with Crippen molar-refractivity contribution in [2.45, 2.75) is 39.8 Å². The second-order valence-electron chi connectivity index (χ2n) is 9.86. The van der Waals surface area contributed by atoms with Gasteiger partial charge < -0.3 is 15.0 Å². The summed E-state index contributed by atoms with van der Waals surface area (Å²) >= 11 is 0. The van der Waals surface area contributed by atoms with Gasteiger partial charge in [-0.15, -0.1) is 0 Å². The lowest BCUT2D eigenvalue weighted by Gasteiger charge is -2.41. The number of nitrogens with zero attached hydrogens (tertiary/aromatic N) is 1. The van der Waals surface area contributed by atoms with Crippen molar-refractivity contribution in [1.29, 1.82) is 0 Å². The fourth-order valence-corrected chi connectivity index (χ4v) is 4.33. The molecule has 0 fully saturated rings. The number of nitrogens with one attached hydrogen (secondary N) is 1. The average Bonchev–Trinajstić information content (AvgIpc) is 2.85. The van der Waals surface area contributed by atoms with Crippen molar-refractivity contribution in [3.8, 4) is 5.75 Å². The molecule has 1 N–H and O–H groups in total. The Balaban J connectivity index is 1.55. The molecule has 3 aromatic carbocycles. The fourth-order valence-electron chi connectivity index (χ4n) is 4.33. The lowest BCUT2D eigenvalue weighted by Crippen LogP contribution is -2.45. The van der Waals surface area contributed by atoms with Crippen molar-refractivity contribution >= 4 is 11.8 Å². The molecule has 5 nitrogen and oxygen atoms in total. The van der Waals surface area contributed by atoms with Crippen LogP contribution in [0.25, 0.3) is 0 Å². The van der Waals surface area contributed by atoms with E-state index in [9.17, 15) is 14.0 Å². The van der Waals surface area contributed by atoms with Gasteiger partial charge in [0.1, 0.15) is 11.6 Å². The van der Waals surface area contributed by atoms with Crippen LogP contribution in [0.1, 0.15) is 49.1 Å². The van der Waals surface area contributed by atoms with Gasteiger partial charge in [0, 0.05) is 18.5 Å². The van der Waals surface area contributed by atoms with Gasteiger partial charge in [-0.1, -0.05) is 69.3 Å². The summed E-state index contributed by atoms with van der Waals surface area (Å²) in [6, 6.07) is 21.3. The number of ether oxygens (including phenoxy) is 1. The number of fused-ring (bicyclic) bond motifs is 1. The van der Waals surface area contributed by atoms with Gasteiger partial charge in [-0.3, -0.25) is 9.59 Å². The molecule has 0 spiro atoms. The number of hydrogen-bond acceptors (Lipinski definition) is 3. The Morgan fingerprint density at radius 3 is 2.43 bits per heavy atom. The number of hydrogen-bond donors (Lipinski definition) is 1. The molecule has 35 heavy (non-hydrogen) atoms. The third kappa shape index (κ3) is 5.88. The molecule has 0 radical (unpaired) electrons. The zero-order chi connectivity index (χ0) is 25.0. The highest BCUT2D eigenvalue weighted by molar-refractivity contribution is 5.83. The maximum Gasteiger partial charge on any atom is 0.258 e. The molecule has 6 heteroatoms. The van der Waals surface area contributed by atoms with E-state index < -0.39 is 5.41 Å². The summed E-state index contributed by atoms with van der Waals surface area (Å²) in [6.45, 7) is 6.61. The van der Waals surface area contributed by atoms with Crippen LogP contribution in [0, 0.1) is 11.2 Å². The summed E-state index contributed by atoms with van der Waals surface area (Å²) in [4.78, 5) is 27.5. The quantitative estimate of drug-likeness (QED) is 0.545. The summed E-state index contributed by atoms with van der Waals surface area (Å²) in [7, 11) is 0. The Labute approximate surface area is 205 Å². The smallest absolute Gasteiger partial charge is 0.258 e. The summed E-state index contributed by atoms with van der Waals surface area (Å²) in [6.07, 6.45) is 0.715. The van der Waals surface area contributed by atoms with Crippen LogP contribution < -0.4 is 10.1 Å². The molecular formula is C29H31FN2O3. The summed E-state index contributed by atoms with van der Waals surface area (Å²) in [5, 5.41) is 2.86. The third-order valence-electron chi connectivity index (χ3n) is 6.14. The van der Waals surface area contributed by atoms with E-state index in [2.05, 4.69) is 5.32 Å². The van der Waals surface area contributed by atoms with Crippen molar-refractivity contribution in [1.82, 2.24) is 10.2 Å². The minimum absolute atomic E-state index is 0.0316. The first-order valence-electron chi connectivity index (χ1n) is 11.8. The SMILES string of the molecule is CC(C)(C)C(=O)N1CCc2ccc(OCC(=O)NCc3ccccc3)cc2[C@H]1c1ccc(F)cc1. The second kappa shape index (κ2) is 10.3. The van der Waals surface area contributed by atoms with Crippen LogP contribution in [-0.2, 0) is 22.6 Å². The molecule has 0 unspecified atom stereocenters. The predicted octanol–water partition coefficient (Wildman–Crippen LogP) is 5.04. The molecule has 1 aliphatic heterocycles. The second-order valence-corrected chi connectivity index (χ2v) is 9.86. The van der Waals surface area contributed by atoms with Gasteiger partial charge in [0.2, 0.25) is 5.91 Å². The molecule has 0 aliphatic carbocycles. The number of carbonyl (C=O) groups is 2. The van der Waals surface area contributed by atoms with E-state index in [0.717, 1.165) is 22.3 Å². The molecule has 1 aliphatic rings. The maximum atomic E-state index is 13.7.